The van der Waals surface area contributed by atoms with Gasteiger partial charge in [-0.15, -0.1) is 11.8 Å². The second-order valence-electron chi connectivity index (χ2n) is 4.33. The number of thioether (sulfide) groups is 1. The maximum absolute atomic E-state index is 7.85. The number of rotatable bonds is 5. The molecule has 2 rings (SSSR count). The largest absolute Gasteiger partial charge is 0.384 e. The summed E-state index contributed by atoms with van der Waals surface area (Å²) < 4.78 is 1.81. The highest BCUT2D eigenvalue weighted by Gasteiger charge is 2.16. The maximum atomic E-state index is 7.85. The monoisotopic (exact) mass is 289 g/mol. The number of benzene rings is 1. The molecule has 0 fully saturated rings. The van der Waals surface area contributed by atoms with Crippen LogP contribution in [0.5, 0.6) is 0 Å². The maximum Gasteiger partial charge on any atom is 0.151 e. The van der Waals surface area contributed by atoms with Gasteiger partial charge in [0.15, 0.2) is 5.82 Å². The van der Waals surface area contributed by atoms with E-state index in [1.807, 2.05) is 43.0 Å². The van der Waals surface area contributed by atoms with E-state index >= 15 is 0 Å². The number of nitrogen functional groups attached to an aromatic ring is 1. The Morgan fingerprint density at radius 3 is 2.65 bits per heavy atom. The number of nitrogens with one attached hydrogen (secondary N) is 1. The van der Waals surface area contributed by atoms with E-state index in [1.54, 1.807) is 11.8 Å². The van der Waals surface area contributed by atoms with Crippen molar-refractivity contribution in [2.24, 2.45) is 5.73 Å². The summed E-state index contributed by atoms with van der Waals surface area (Å²) in [4.78, 5) is 5.49. The number of nitrogens with zero attached hydrogens (tertiary/aromatic N) is 3. The van der Waals surface area contributed by atoms with Gasteiger partial charge in [-0.3, -0.25) is 5.41 Å². The molecule has 0 saturated heterocycles. The third kappa shape index (κ3) is 2.56. The topological polar surface area (TPSA) is 80.6 Å². The predicted molar refractivity (Wildman–Crippen MR) is 82.9 cm³/mol. The number of aromatic nitrogens is 3. The second-order valence-corrected chi connectivity index (χ2v) is 5.18. The molecule has 0 saturated carbocycles. The normalized spacial score (nSPS) is 10.8. The van der Waals surface area contributed by atoms with Crippen molar-refractivity contribution < 1.29 is 0 Å². The molecule has 3 N–H and O–H groups in total. The summed E-state index contributed by atoms with van der Waals surface area (Å²) in [5.74, 6) is 1.76. The minimum absolute atomic E-state index is 0.0561. The van der Waals surface area contributed by atoms with Crippen LogP contribution >= 0.6 is 11.8 Å². The molecule has 5 nitrogen and oxygen atoms in total. The van der Waals surface area contributed by atoms with E-state index in [2.05, 4.69) is 10.1 Å². The van der Waals surface area contributed by atoms with Gasteiger partial charge in [-0.25, -0.2) is 9.67 Å². The van der Waals surface area contributed by atoms with E-state index in [1.165, 1.54) is 0 Å². The van der Waals surface area contributed by atoms with Gasteiger partial charge in [0.2, 0.25) is 0 Å². The van der Waals surface area contributed by atoms with Crippen LogP contribution in [0.4, 0.5) is 0 Å². The fourth-order valence-corrected chi connectivity index (χ4v) is 2.73. The molecule has 106 valence electrons. The molecular weight excluding hydrogens is 270 g/mol. The molecule has 0 bridgehead atoms. The van der Waals surface area contributed by atoms with Crippen molar-refractivity contribution in [3.05, 3.63) is 35.4 Å². The van der Waals surface area contributed by atoms with Crippen LogP contribution in [0, 0.1) is 5.41 Å². The van der Waals surface area contributed by atoms with Crippen LogP contribution in [0.1, 0.15) is 31.1 Å². The van der Waals surface area contributed by atoms with Gasteiger partial charge in [0.1, 0.15) is 11.7 Å². The summed E-state index contributed by atoms with van der Waals surface area (Å²) in [6.45, 7) is 4.08. The summed E-state index contributed by atoms with van der Waals surface area (Å²) in [5, 5.41) is 12.4. The molecule has 1 aromatic heterocycles. The molecular formula is C14H19N5S. The molecule has 0 atom stereocenters. The van der Waals surface area contributed by atoms with Crippen LogP contribution in [-0.4, -0.2) is 26.9 Å². The van der Waals surface area contributed by atoms with Crippen LogP contribution in [-0.2, 0) is 12.8 Å². The quantitative estimate of drug-likeness (QED) is 0.503. The Kier molecular flexibility index (Phi) is 4.44. The number of aryl methyl sites for hydroxylation is 2. The average Bonchev–Trinajstić information content (AvgIpc) is 2.89. The predicted octanol–water partition coefficient (Wildman–Crippen LogP) is 2.40. The van der Waals surface area contributed by atoms with Crippen molar-refractivity contribution in [2.45, 2.75) is 31.6 Å². The molecule has 6 heteroatoms. The van der Waals surface area contributed by atoms with Gasteiger partial charge in [-0.1, -0.05) is 19.9 Å². The van der Waals surface area contributed by atoms with Crippen LogP contribution in [0.3, 0.4) is 0 Å². The van der Waals surface area contributed by atoms with Crippen molar-refractivity contribution >= 4 is 17.6 Å². The third-order valence-corrected chi connectivity index (χ3v) is 3.85. The van der Waals surface area contributed by atoms with Crippen LogP contribution in [0.15, 0.2) is 23.1 Å². The highest BCUT2D eigenvalue weighted by molar-refractivity contribution is 7.98. The van der Waals surface area contributed by atoms with E-state index in [-0.39, 0.29) is 5.84 Å². The Bertz CT molecular complexity index is 632. The van der Waals surface area contributed by atoms with Gasteiger partial charge < -0.3 is 5.73 Å². The highest BCUT2D eigenvalue weighted by atomic mass is 32.2. The van der Waals surface area contributed by atoms with Crippen molar-refractivity contribution in [2.75, 3.05) is 6.26 Å². The zero-order valence-electron chi connectivity index (χ0n) is 12.0. The average molecular weight is 289 g/mol. The zero-order chi connectivity index (χ0) is 14.7. The fraction of sp³-hybridized carbons (Fsp3) is 0.357. The molecule has 0 spiro atoms. The molecule has 20 heavy (non-hydrogen) atoms. The first-order valence-electron chi connectivity index (χ1n) is 6.58. The zero-order valence-corrected chi connectivity index (χ0v) is 12.8. The molecule has 1 aromatic carbocycles. The second kappa shape index (κ2) is 6.09. The third-order valence-electron chi connectivity index (χ3n) is 3.07. The Labute approximate surface area is 123 Å². The smallest absolute Gasteiger partial charge is 0.151 e. The van der Waals surface area contributed by atoms with Crippen LogP contribution in [0.2, 0.25) is 0 Å². The minimum atomic E-state index is 0.0561. The van der Waals surface area contributed by atoms with E-state index in [4.69, 9.17) is 11.1 Å². The van der Waals surface area contributed by atoms with Gasteiger partial charge in [-0.2, -0.15) is 5.10 Å². The minimum Gasteiger partial charge on any atom is -0.384 e. The first-order chi connectivity index (χ1) is 9.62. The van der Waals surface area contributed by atoms with Crippen molar-refractivity contribution in [1.29, 1.82) is 5.41 Å². The van der Waals surface area contributed by atoms with E-state index in [9.17, 15) is 0 Å². The van der Waals surface area contributed by atoms with E-state index < -0.39 is 0 Å². The molecule has 0 aliphatic rings. The first-order valence-corrected chi connectivity index (χ1v) is 7.81. The van der Waals surface area contributed by atoms with Crippen LogP contribution < -0.4 is 5.73 Å². The summed E-state index contributed by atoms with van der Waals surface area (Å²) in [7, 11) is 0. The molecule has 0 amide bonds. The lowest BCUT2D eigenvalue weighted by molar-refractivity contribution is 0.787. The standard InChI is InChI=1S/C14H19N5S/c1-4-11-17-12(5-2)19(18-11)9-7-6-8-10(20-3)13(9)14(15)16/h6-8H,4-5H2,1-3H3,(H3,15,16). The number of hydrogen-bond acceptors (Lipinski definition) is 4. The van der Waals surface area contributed by atoms with Crippen molar-refractivity contribution in [3.8, 4) is 5.69 Å². The molecule has 0 aliphatic heterocycles. The Morgan fingerprint density at radius 2 is 2.10 bits per heavy atom. The van der Waals surface area contributed by atoms with Crippen LogP contribution in [0.25, 0.3) is 5.69 Å². The number of amidine groups is 1. The van der Waals surface area contributed by atoms with E-state index in [0.29, 0.717) is 0 Å². The van der Waals surface area contributed by atoms with Crippen molar-refractivity contribution in [1.82, 2.24) is 14.8 Å². The summed E-state index contributed by atoms with van der Waals surface area (Å²) in [5.41, 5.74) is 7.32. The summed E-state index contributed by atoms with van der Waals surface area (Å²) in [6, 6.07) is 5.86. The van der Waals surface area contributed by atoms with Gasteiger partial charge >= 0.3 is 0 Å². The Hall–Kier alpha value is -1.82. The van der Waals surface area contributed by atoms with Gasteiger partial charge in [0.05, 0.1) is 11.3 Å². The lowest BCUT2D eigenvalue weighted by Gasteiger charge is -2.13. The van der Waals surface area contributed by atoms with E-state index in [0.717, 1.165) is 40.6 Å². The summed E-state index contributed by atoms with van der Waals surface area (Å²) >= 11 is 1.58. The number of nitrogens with two attached hydrogens (primary N) is 1. The van der Waals surface area contributed by atoms with Crippen molar-refractivity contribution in [3.63, 3.8) is 0 Å². The first kappa shape index (κ1) is 14.6. The summed E-state index contributed by atoms with van der Waals surface area (Å²) in [6.07, 6.45) is 3.55. The number of hydrogen-bond donors (Lipinski definition) is 2. The fourth-order valence-electron chi connectivity index (χ4n) is 2.10. The lowest BCUT2D eigenvalue weighted by atomic mass is 10.1. The molecule has 0 aliphatic carbocycles. The molecule has 1 heterocycles. The molecule has 0 unspecified atom stereocenters. The molecule has 0 radical (unpaired) electrons. The van der Waals surface area contributed by atoms with Gasteiger partial charge in [-0.05, 0) is 18.4 Å². The highest BCUT2D eigenvalue weighted by Crippen LogP contribution is 2.26. The molecule has 2 aromatic rings. The van der Waals surface area contributed by atoms with Gasteiger partial charge in [0, 0.05) is 17.7 Å². The van der Waals surface area contributed by atoms with Gasteiger partial charge in [0.25, 0.3) is 0 Å². The lowest BCUT2D eigenvalue weighted by Crippen LogP contribution is -2.17. The Morgan fingerprint density at radius 1 is 1.35 bits per heavy atom. The Balaban J connectivity index is 2.69. The SMILES string of the molecule is CCc1nc(CC)n(-c2cccc(SC)c2C(=N)N)n1.